The van der Waals surface area contributed by atoms with E-state index in [1.807, 2.05) is 0 Å². The molecular weight excluding hydrogens is 254 g/mol. The molecule has 1 aliphatic rings. The van der Waals surface area contributed by atoms with Gasteiger partial charge in [-0.05, 0) is 31.0 Å². The molecule has 0 unspecified atom stereocenters. The Kier molecular flexibility index (Phi) is 3.74. The first-order valence-electron chi connectivity index (χ1n) is 7.22. The minimum Gasteiger partial charge on any atom is -0.507 e. The lowest BCUT2D eigenvalue weighted by atomic mass is 9.95. The van der Waals surface area contributed by atoms with E-state index in [9.17, 15) is 9.90 Å². The summed E-state index contributed by atoms with van der Waals surface area (Å²) in [6.45, 7) is 0.529. The Morgan fingerprint density at radius 3 is 2.70 bits per heavy atom. The van der Waals surface area contributed by atoms with Crippen molar-refractivity contribution in [1.82, 2.24) is 5.32 Å². The highest BCUT2D eigenvalue weighted by Gasteiger charge is 2.15. The monoisotopic (exact) mass is 273 g/mol. The maximum Gasteiger partial charge on any atom is 0.336 e. The molecule has 1 heterocycles. The Labute approximate surface area is 117 Å². The van der Waals surface area contributed by atoms with Crippen molar-refractivity contribution in [2.24, 2.45) is 0 Å². The molecule has 0 radical (unpaired) electrons. The number of hydrogen-bond donors (Lipinski definition) is 2. The Balaban J connectivity index is 1.87. The molecule has 2 N–H and O–H groups in total. The summed E-state index contributed by atoms with van der Waals surface area (Å²) in [7, 11) is 0. The molecule has 0 bridgehead atoms. The van der Waals surface area contributed by atoms with Crippen LogP contribution in [0.25, 0.3) is 11.0 Å². The maximum atomic E-state index is 11.4. The average Bonchev–Trinajstić information content (AvgIpc) is 2.47. The highest BCUT2D eigenvalue weighted by Crippen LogP contribution is 2.27. The van der Waals surface area contributed by atoms with Gasteiger partial charge in [-0.1, -0.05) is 19.3 Å². The first kappa shape index (κ1) is 13.2. The molecule has 106 valence electrons. The van der Waals surface area contributed by atoms with E-state index in [-0.39, 0.29) is 11.4 Å². The molecular formula is C16H19NO3. The largest absolute Gasteiger partial charge is 0.507 e. The molecule has 1 aromatic carbocycles. The molecule has 0 spiro atoms. The van der Waals surface area contributed by atoms with Gasteiger partial charge >= 0.3 is 5.63 Å². The number of benzene rings is 1. The van der Waals surface area contributed by atoms with Gasteiger partial charge in [-0.25, -0.2) is 4.79 Å². The predicted octanol–water partition coefficient (Wildman–Crippen LogP) is 2.92. The van der Waals surface area contributed by atoms with Crippen molar-refractivity contribution >= 4 is 11.0 Å². The quantitative estimate of drug-likeness (QED) is 0.844. The van der Waals surface area contributed by atoms with Gasteiger partial charge in [-0.2, -0.15) is 0 Å². The number of phenols is 1. The van der Waals surface area contributed by atoms with Crippen molar-refractivity contribution < 1.29 is 9.52 Å². The zero-order valence-electron chi connectivity index (χ0n) is 11.4. The van der Waals surface area contributed by atoms with Crippen molar-refractivity contribution in [3.05, 3.63) is 40.2 Å². The third kappa shape index (κ3) is 2.70. The van der Waals surface area contributed by atoms with E-state index in [2.05, 4.69) is 5.32 Å². The van der Waals surface area contributed by atoms with Crippen LogP contribution in [0.1, 0.15) is 37.7 Å². The second-order valence-electron chi connectivity index (χ2n) is 5.45. The molecule has 1 aromatic heterocycles. The van der Waals surface area contributed by atoms with Gasteiger partial charge in [0.15, 0.2) is 0 Å². The number of fused-ring (bicyclic) bond motifs is 1. The number of rotatable bonds is 3. The van der Waals surface area contributed by atoms with Crippen molar-refractivity contribution in [2.45, 2.75) is 44.7 Å². The summed E-state index contributed by atoms with van der Waals surface area (Å²) < 4.78 is 5.26. The molecule has 20 heavy (non-hydrogen) atoms. The van der Waals surface area contributed by atoms with E-state index in [0.717, 1.165) is 5.39 Å². The molecule has 3 rings (SSSR count). The molecule has 0 atom stereocenters. The fourth-order valence-electron chi connectivity index (χ4n) is 2.90. The molecule has 4 heteroatoms. The molecule has 1 saturated carbocycles. The summed E-state index contributed by atoms with van der Waals surface area (Å²) in [6, 6.07) is 7.04. The summed E-state index contributed by atoms with van der Waals surface area (Å²) in [5, 5.41) is 14.3. The van der Waals surface area contributed by atoms with Crippen LogP contribution < -0.4 is 10.9 Å². The van der Waals surface area contributed by atoms with Crippen LogP contribution in [0.2, 0.25) is 0 Å². The normalized spacial score (nSPS) is 16.6. The Bertz CT molecular complexity index is 656. The number of phenolic OH excluding ortho intramolecular Hbond substituents is 1. The van der Waals surface area contributed by atoms with Gasteiger partial charge in [0.25, 0.3) is 0 Å². The highest BCUT2D eigenvalue weighted by molar-refractivity contribution is 5.81. The van der Waals surface area contributed by atoms with Gasteiger partial charge in [0, 0.05) is 24.0 Å². The Morgan fingerprint density at radius 1 is 1.15 bits per heavy atom. The van der Waals surface area contributed by atoms with Crippen LogP contribution in [0, 0.1) is 0 Å². The molecule has 0 amide bonds. The van der Waals surface area contributed by atoms with Crippen LogP contribution in [-0.2, 0) is 6.54 Å². The zero-order valence-corrected chi connectivity index (χ0v) is 11.4. The summed E-state index contributed by atoms with van der Waals surface area (Å²) in [5.74, 6) is 0.176. The van der Waals surface area contributed by atoms with Crippen LogP contribution in [0.15, 0.2) is 33.5 Å². The van der Waals surface area contributed by atoms with E-state index in [4.69, 9.17) is 4.42 Å². The summed E-state index contributed by atoms with van der Waals surface area (Å²) >= 11 is 0. The van der Waals surface area contributed by atoms with Crippen LogP contribution in [0.3, 0.4) is 0 Å². The van der Waals surface area contributed by atoms with Gasteiger partial charge in [0.05, 0.1) is 5.56 Å². The van der Waals surface area contributed by atoms with Gasteiger partial charge in [-0.15, -0.1) is 0 Å². The van der Waals surface area contributed by atoms with Crippen molar-refractivity contribution in [3.63, 3.8) is 0 Å². The summed E-state index contributed by atoms with van der Waals surface area (Å²) in [6.07, 6.45) is 6.18. The van der Waals surface area contributed by atoms with Crippen LogP contribution >= 0.6 is 0 Å². The molecule has 0 aliphatic heterocycles. The molecule has 1 fully saturated rings. The fourth-order valence-corrected chi connectivity index (χ4v) is 2.90. The smallest absolute Gasteiger partial charge is 0.336 e. The standard InChI is InChI=1S/C16H19NO3/c18-14-8-6-11-7-9-15(19)20-16(11)13(14)10-17-12-4-2-1-3-5-12/h6-9,12,17-18H,1-5,10H2. The highest BCUT2D eigenvalue weighted by atomic mass is 16.4. The van der Waals surface area contributed by atoms with Gasteiger partial charge < -0.3 is 14.8 Å². The second-order valence-corrected chi connectivity index (χ2v) is 5.45. The lowest BCUT2D eigenvalue weighted by Crippen LogP contribution is -2.30. The molecule has 0 saturated heterocycles. The lowest BCUT2D eigenvalue weighted by molar-refractivity contribution is 0.368. The van der Waals surface area contributed by atoms with E-state index >= 15 is 0 Å². The minimum absolute atomic E-state index is 0.176. The van der Waals surface area contributed by atoms with Gasteiger partial charge in [-0.3, -0.25) is 0 Å². The predicted molar refractivity (Wildman–Crippen MR) is 77.9 cm³/mol. The van der Waals surface area contributed by atoms with Crippen molar-refractivity contribution in [1.29, 1.82) is 0 Å². The third-order valence-corrected chi connectivity index (χ3v) is 4.04. The summed E-state index contributed by atoms with van der Waals surface area (Å²) in [4.78, 5) is 11.4. The first-order valence-corrected chi connectivity index (χ1v) is 7.22. The number of aromatic hydroxyl groups is 1. The van der Waals surface area contributed by atoms with Crippen molar-refractivity contribution in [3.8, 4) is 5.75 Å². The first-order chi connectivity index (χ1) is 9.74. The molecule has 1 aliphatic carbocycles. The zero-order chi connectivity index (χ0) is 13.9. The lowest BCUT2D eigenvalue weighted by Gasteiger charge is -2.23. The van der Waals surface area contributed by atoms with E-state index in [1.165, 1.54) is 38.2 Å². The second kappa shape index (κ2) is 5.67. The Morgan fingerprint density at radius 2 is 1.90 bits per heavy atom. The SMILES string of the molecule is O=c1ccc2ccc(O)c(CNC3CCCCC3)c2o1. The minimum atomic E-state index is -0.387. The van der Waals surface area contributed by atoms with Crippen molar-refractivity contribution in [2.75, 3.05) is 0 Å². The number of nitrogens with one attached hydrogen (secondary N) is 1. The third-order valence-electron chi connectivity index (χ3n) is 4.04. The maximum absolute atomic E-state index is 11.4. The van der Waals surface area contributed by atoms with E-state index in [1.54, 1.807) is 18.2 Å². The topological polar surface area (TPSA) is 62.5 Å². The summed E-state index contributed by atoms with van der Waals surface area (Å²) in [5.41, 5.74) is 0.772. The van der Waals surface area contributed by atoms with Gasteiger partial charge in [0.1, 0.15) is 11.3 Å². The van der Waals surface area contributed by atoms with Crippen LogP contribution in [-0.4, -0.2) is 11.1 Å². The van der Waals surface area contributed by atoms with Crippen LogP contribution in [0.4, 0.5) is 0 Å². The molecule has 2 aromatic rings. The fraction of sp³-hybridized carbons (Fsp3) is 0.438. The van der Waals surface area contributed by atoms with Crippen LogP contribution in [0.5, 0.6) is 5.75 Å². The van der Waals surface area contributed by atoms with E-state index in [0.29, 0.717) is 23.7 Å². The average molecular weight is 273 g/mol. The molecule has 4 nitrogen and oxygen atoms in total. The number of hydrogen-bond acceptors (Lipinski definition) is 4. The van der Waals surface area contributed by atoms with Gasteiger partial charge in [0.2, 0.25) is 0 Å². The Hall–Kier alpha value is -1.81. The van der Waals surface area contributed by atoms with E-state index < -0.39 is 0 Å².